The summed E-state index contributed by atoms with van der Waals surface area (Å²) in [5, 5.41) is 11.5. The van der Waals surface area contributed by atoms with Gasteiger partial charge in [0.1, 0.15) is 0 Å². The minimum atomic E-state index is 0. The normalized spacial score (nSPS) is 15.2. The van der Waals surface area contributed by atoms with Crippen molar-refractivity contribution in [1.82, 2.24) is 25.3 Å². The van der Waals surface area contributed by atoms with Crippen molar-refractivity contribution < 1.29 is 0 Å². The average Bonchev–Trinajstić information content (AvgIpc) is 3.50. The maximum atomic E-state index is 4.49. The van der Waals surface area contributed by atoms with Crippen LogP contribution in [0.2, 0.25) is 0 Å². The minimum Gasteiger partial charge on any atom is -0.354 e. The molecule has 1 fully saturated rings. The Morgan fingerprint density at radius 1 is 0.969 bits per heavy atom. The van der Waals surface area contributed by atoms with E-state index in [4.69, 9.17) is 0 Å². The zero-order valence-corrected chi connectivity index (χ0v) is 21.0. The van der Waals surface area contributed by atoms with E-state index in [-0.39, 0.29) is 24.0 Å². The predicted molar refractivity (Wildman–Crippen MR) is 141 cm³/mol. The van der Waals surface area contributed by atoms with Crippen LogP contribution >= 0.6 is 24.0 Å². The van der Waals surface area contributed by atoms with Gasteiger partial charge in [-0.1, -0.05) is 60.7 Å². The first-order valence-electron chi connectivity index (χ1n) is 11.1. The maximum absolute atomic E-state index is 4.49. The van der Waals surface area contributed by atoms with Crippen LogP contribution < -0.4 is 10.6 Å². The van der Waals surface area contributed by atoms with Gasteiger partial charge in [-0.3, -0.25) is 14.6 Å². The van der Waals surface area contributed by atoms with E-state index in [1.807, 2.05) is 24.0 Å². The van der Waals surface area contributed by atoms with Crippen LogP contribution in [0.5, 0.6) is 0 Å². The van der Waals surface area contributed by atoms with Crippen molar-refractivity contribution in [2.75, 3.05) is 26.7 Å². The summed E-state index contributed by atoms with van der Waals surface area (Å²) in [4.78, 5) is 6.99. The number of likely N-dealkylation sites (tertiary alicyclic amines) is 1. The van der Waals surface area contributed by atoms with E-state index in [9.17, 15) is 0 Å². The van der Waals surface area contributed by atoms with Gasteiger partial charge in [0, 0.05) is 31.9 Å². The van der Waals surface area contributed by atoms with E-state index in [0.717, 1.165) is 37.7 Å². The fourth-order valence-corrected chi connectivity index (χ4v) is 4.14. The number of nitrogens with zero attached hydrogens (tertiary/aromatic N) is 4. The van der Waals surface area contributed by atoms with Crippen molar-refractivity contribution in [1.29, 1.82) is 0 Å². The highest BCUT2D eigenvalue weighted by Gasteiger charge is 2.23. The Kier molecular flexibility index (Phi) is 9.55. The van der Waals surface area contributed by atoms with Crippen molar-refractivity contribution in [3.05, 3.63) is 89.7 Å². The number of aromatic nitrogens is 2. The largest absolute Gasteiger partial charge is 0.354 e. The Morgan fingerprint density at radius 3 is 2.34 bits per heavy atom. The second-order valence-corrected chi connectivity index (χ2v) is 8.01. The van der Waals surface area contributed by atoms with Gasteiger partial charge < -0.3 is 10.6 Å². The van der Waals surface area contributed by atoms with E-state index in [2.05, 4.69) is 86.4 Å². The number of hydrogen-bond donors (Lipinski definition) is 2. The topological polar surface area (TPSA) is 57.5 Å². The molecule has 1 aromatic heterocycles. The van der Waals surface area contributed by atoms with Crippen LogP contribution in [0.25, 0.3) is 0 Å². The summed E-state index contributed by atoms with van der Waals surface area (Å²) in [5.74, 6) is 0.816. The second kappa shape index (κ2) is 12.6. The van der Waals surface area contributed by atoms with Crippen LogP contribution in [0.15, 0.2) is 78.0 Å². The number of hydrogen-bond acceptors (Lipinski definition) is 3. The summed E-state index contributed by atoms with van der Waals surface area (Å²) in [6.07, 6.45) is 6.57. The number of nitrogens with one attached hydrogen (secondary N) is 2. The number of benzene rings is 2. The highest BCUT2D eigenvalue weighted by Crippen LogP contribution is 2.24. The summed E-state index contributed by atoms with van der Waals surface area (Å²) in [5.41, 5.74) is 3.74. The Labute approximate surface area is 208 Å². The lowest BCUT2D eigenvalue weighted by molar-refractivity contribution is 0.245. The number of rotatable bonds is 8. The van der Waals surface area contributed by atoms with Gasteiger partial charge in [-0.2, -0.15) is 5.10 Å². The Hall–Kier alpha value is -2.39. The summed E-state index contributed by atoms with van der Waals surface area (Å²) in [6.45, 7) is 4.62. The lowest BCUT2D eigenvalue weighted by Gasteiger charge is -2.28. The number of halogens is 1. The Bertz CT molecular complexity index is 951. The summed E-state index contributed by atoms with van der Waals surface area (Å²) < 4.78 is 1.97. The van der Waals surface area contributed by atoms with Crippen LogP contribution in [0, 0.1) is 0 Å². The van der Waals surface area contributed by atoms with Crippen LogP contribution in [0.4, 0.5) is 0 Å². The predicted octanol–water partition coefficient (Wildman–Crippen LogP) is 4.05. The number of guanidine groups is 1. The quantitative estimate of drug-likeness (QED) is 0.255. The average molecular weight is 544 g/mol. The van der Waals surface area contributed by atoms with Crippen molar-refractivity contribution >= 4 is 29.9 Å². The molecule has 2 N–H and O–H groups in total. The molecule has 0 spiro atoms. The molecule has 2 aromatic carbocycles. The minimum absolute atomic E-state index is 0. The van der Waals surface area contributed by atoms with Crippen LogP contribution in [0.3, 0.4) is 0 Å². The fourth-order valence-electron chi connectivity index (χ4n) is 4.14. The monoisotopic (exact) mass is 544 g/mol. The summed E-state index contributed by atoms with van der Waals surface area (Å²) >= 11 is 0. The first-order chi connectivity index (χ1) is 15.3. The van der Waals surface area contributed by atoms with Gasteiger partial charge in [0.2, 0.25) is 0 Å². The van der Waals surface area contributed by atoms with Gasteiger partial charge >= 0.3 is 0 Å². The highest BCUT2D eigenvalue weighted by molar-refractivity contribution is 14.0. The molecule has 0 aliphatic carbocycles. The van der Waals surface area contributed by atoms with Gasteiger partial charge in [-0.05, 0) is 37.1 Å². The first kappa shape index (κ1) is 24.3. The lowest BCUT2D eigenvalue weighted by Crippen LogP contribution is -2.42. The van der Waals surface area contributed by atoms with E-state index in [1.165, 1.54) is 24.0 Å². The van der Waals surface area contributed by atoms with Gasteiger partial charge in [0.25, 0.3) is 0 Å². The molecular weight excluding hydrogens is 511 g/mol. The van der Waals surface area contributed by atoms with Crippen LogP contribution in [0.1, 0.15) is 35.6 Å². The molecule has 1 saturated heterocycles. The van der Waals surface area contributed by atoms with Gasteiger partial charge in [-0.15, -0.1) is 24.0 Å². The molecule has 1 atom stereocenters. The van der Waals surface area contributed by atoms with Crippen LogP contribution in [-0.4, -0.2) is 47.3 Å². The van der Waals surface area contributed by atoms with E-state index in [1.54, 1.807) is 0 Å². The van der Waals surface area contributed by atoms with E-state index in [0.29, 0.717) is 12.6 Å². The second-order valence-electron chi connectivity index (χ2n) is 8.01. The molecule has 1 aliphatic rings. The lowest BCUT2D eigenvalue weighted by atomic mass is 10.1. The van der Waals surface area contributed by atoms with Gasteiger partial charge in [-0.25, -0.2) is 0 Å². The third-order valence-corrected chi connectivity index (χ3v) is 5.79. The van der Waals surface area contributed by atoms with E-state index >= 15 is 0 Å². The Morgan fingerprint density at radius 2 is 1.66 bits per heavy atom. The molecule has 2 heterocycles. The smallest absolute Gasteiger partial charge is 0.191 e. The van der Waals surface area contributed by atoms with Crippen molar-refractivity contribution in [2.24, 2.45) is 4.99 Å². The molecule has 7 heteroatoms. The maximum Gasteiger partial charge on any atom is 0.191 e. The molecule has 0 bridgehead atoms. The standard InChI is InChI=1S/C25H32N6.HI/c1-26-25(27-16-22-17-29-31(20-22)19-21-10-4-2-5-11-21)28-18-24(30-14-8-9-15-30)23-12-6-3-7-13-23;/h2-7,10-13,17,20,24H,8-9,14-16,18-19H2,1H3,(H2,26,27,28);1H. The Balaban J connectivity index is 0.00000289. The molecule has 4 rings (SSSR count). The molecular formula is C25H33IN6. The van der Waals surface area contributed by atoms with Crippen molar-refractivity contribution in [3.63, 3.8) is 0 Å². The highest BCUT2D eigenvalue weighted by atomic mass is 127. The fraction of sp³-hybridized carbons (Fsp3) is 0.360. The zero-order valence-electron chi connectivity index (χ0n) is 18.7. The van der Waals surface area contributed by atoms with Gasteiger partial charge in [0.15, 0.2) is 5.96 Å². The molecule has 32 heavy (non-hydrogen) atoms. The van der Waals surface area contributed by atoms with Crippen LogP contribution in [-0.2, 0) is 13.1 Å². The van der Waals surface area contributed by atoms with Crippen molar-refractivity contribution in [2.45, 2.75) is 32.0 Å². The summed E-state index contributed by atoms with van der Waals surface area (Å²) in [6, 6.07) is 21.5. The first-order valence-corrected chi connectivity index (χ1v) is 11.1. The summed E-state index contributed by atoms with van der Waals surface area (Å²) in [7, 11) is 1.82. The SMILES string of the molecule is CN=C(NCc1cnn(Cc2ccccc2)c1)NCC(c1ccccc1)N1CCCC1.I. The van der Waals surface area contributed by atoms with E-state index < -0.39 is 0 Å². The van der Waals surface area contributed by atoms with Crippen molar-refractivity contribution in [3.8, 4) is 0 Å². The van der Waals surface area contributed by atoms with Gasteiger partial charge in [0.05, 0.1) is 18.8 Å². The molecule has 1 unspecified atom stereocenters. The molecule has 170 valence electrons. The molecule has 0 amide bonds. The molecule has 6 nitrogen and oxygen atoms in total. The zero-order chi connectivity index (χ0) is 21.3. The third kappa shape index (κ3) is 6.80. The third-order valence-electron chi connectivity index (χ3n) is 5.79. The molecule has 0 saturated carbocycles. The number of aliphatic imine (C=N–C) groups is 1. The molecule has 1 aliphatic heterocycles. The molecule has 0 radical (unpaired) electrons. The molecule has 3 aromatic rings.